The third-order valence-corrected chi connectivity index (χ3v) is 8.67. The van der Waals surface area contributed by atoms with Crippen LogP contribution in [0.1, 0.15) is 6.42 Å². The van der Waals surface area contributed by atoms with Gasteiger partial charge in [0.2, 0.25) is 0 Å². The summed E-state index contributed by atoms with van der Waals surface area (Å²) in [6.07, 6.45) is 4.94. The maximum Gasteiger partial charge on any atom is 0.160 e. The van der Waals surface area contributed by atoms with Gasteiger partial charge in [-0.25, -0.2) is 9.97 Å². The predicted molar refractivity (Wildman–Crippen MR) is 85.5 cm³/mol. The highest BCUT2D eigenvalue weighted by molar-refractivity contribution is 8.77. The van der Waals surface area contributed by atoms with Gasteiger partial charge in [-0.15, -0.1) is 22.7 Å². The molecule has 0 N–H and O–H groups in total. The molecule has 2 heterocycles. The highest BCUT2D eigenvalue weighted by Crippen LogP contribution is 2.35. The van der Waals surface area contributed by atoms with Gasteiger partial charge < -0.3 is 0 Å². The highest BCUT2D eigenvalue weighted by atomic mass is 33.1. The molecule has 92 valence electrons. The van der Waals surface area contributed by atoms with Crippen molar-refractivity contribution >= 4 is 65.8 Å². The van der Waals surface area contributed by atoms with Gasteiger partial charge in [0.05, 0.1) is 0 Å². The Morgan fingerprint density at radius 1 is 0.882 bits per heavy atom. The molecule has 0 amide bonds. The molecule has 2 aromatic rings. The number of hydrogen-bond donors (Lipinski definition) is 0. The molecule has 0 atom stereocenters. The highest BCUT2D eigenvalue weighted by Gasteiger charge is 1.99. The Labute approximate surface area is 125 Å². The topological polar surface area (TPSA) is 25.8 Å². The number of thiazole rings is 2. The summed E-state index contributed by atoms with van der Waals surface area (Å²) < 4.78 is 2.31. The molecule has 0 spiro atoms. The third kappa shape index (κ3) is 5.89. The van der Waals surface area contributed by atoms with Gasteiger partial charge in [0, 0.05) is 34.7 Å². The fourth-order valence-corrected chi connectivity index (χ4v) is 7.16. The van der Waals surface area contributed by atoms with Crippen LogP contribution in [0.3, 0.4) is 0 Å². The van der Waals surface area contributed by atoms with Crippen molar-refractivity contribution < 1.29 is 0 Å². The van der Waals surface area contributed by atoms with Crippen LogP contribution in [-0.2, 0) is 0 Å². The van der Waals surface area contributed by atoms with Crippen molar-refractivity contribution in [3.63, 3.8) is 0 Å². The molecule has 0 fully saturated rings. The van der Waals surface area contributed by atoms with Crippen LogP contribution < -0.4 is 0 Å². The third-order valence-electron chi connectivity index (χ3n) is 1.54. The Kier molecular flexibility index (Phi) is 7.21. The van der Waals surface area contributed by atoms with E-state index in [2.05, 4.69) is 9.97 Å². The Morgan fingerprint density at radius 2 is 1.41 bits per heavy atom. The molecule has 17 heavy (non-hydrogen) atoms. The van der Waals surface area contributed by atoms with Crippen molar-refractivity contribution in [2.75, 3.05) is 11.5 Å². The van der Waals surface area contributed by atoms with Crippen LogP contribution >= 0.6 is 65.8 Å². The predicted octanol–water partition coefficient (Wildman–Crippen LogP) is 5.17. The summed E-state index contributed by atoms with van der Waals surface area (Å²) in [4.78, 5) is 8.46. The second kappa shape index (κ2) is 8.71. The largest absolute Gasteiger partial charge is 0.237 e. The van der Waals surface area contributed by atoms with Crippen molar-refractivity contribution in [2.45, 2.75) is 15.1 Å². The van der Waals surface area contributed by atoms with Gasteiger partial charge in [0.25, 0.3) is 0 Å². The molecule has 0 aliphatic rings. The molecule has 2 aromatic heterocycles. The minimum absolute atomic E-state index is 1.15. The summed E-state index contributed by atoms with van der Waals surface area (Å²) in [6, 6.07) is 0. The smallest absolute Gasteiger partial charge is 0.160 e. The van der Waals surface area contributed by atoms with E-state index in [4.69, 9.17) is 0 Å². The Hall–Kier alpha value is 0.660. The van der Waals surface area contributed by atoms with Gasteiger partial charge >= 0.3 is 0 Å². The normalized spacial score (nSPS) is 10.8. The van der Waals surface area contributed by atoms with Crippen molar-refractivity contribution in [1.82, 2.24) is 9.97 Å². The maximum atomic E-state index is 4.23. The first-order valence-electron chi connectivity index (χ1n) is 4.83. The molecule has 0 saturated heterocycles. The van der Waals surface area contributed by atoms with Crippen LogP contribution in [0.5, 0.6) is 0 Å². The van der Waals surface area contributed by atoms with Crippen molar-refractivity contribution in [1.29, 1.82) is 0 Å². The van der Waals surface area contributed by atoms with Crippen molar-refractivity contribution in [2.24, 2.45) is 0 Å². The van der Waals surface area contributed by atoms with E-state index in [0.717, 1.165) is 8.68 Å². The maximum absolute atomic E-state index is 4.23. The molecular formula is C9H10N2S6. The van der Waals surface area contributed by atoms with E-state index < -0.39 is 0 Å². The molecule has 2 nitrogen and oxygen atoms in total. The molecule has 2 rings (SSSR count). The molecule has 0 aliphatic carbocycles. The lowest BCUT2D eigenvalue weighted by Crippen LogP contribution is -1.79. The van der Waals surface area contributed by atoms with Gasteiger partial charge in [0.15, 0.2) is 8.68 Å². The van der Waals surface area contributed by atoms with Gasteiger partial charge in [-0.1, -0.05) is 21.6 Å². The second-order valence-corrected chi connectivity index (χ2v) is 9.88. The van der Waals surface area contributed by atoms with E-state index in [1.165, 1.54) is 17.9 Å². The summed E-state index contributed by atoms with van der Waals surface area (Å²) in [7, 11) is 7.34. The first kappa shape index (κ1) is 14.1. The minimum Gasteiger partial charge on any atom is -0.237 e. The average molecular weight is 339 g/mol. The fourth-order valence-electron chi connectivity index (χ4n) is 0.864. The lowest BCUT2D eigenvalue weighted by atomic mass is 10.6. The summed E-state index contributed by atoms with van der Waals surface area (Å²) in [5, 5.41) is 4.03. The van der Waals surface area contributed by atoms with E-state index in [1.807, 2.05) is 44.7 Å². The summed E-state index contributed by atoms with van der Waals surface area (Å²) in [5.41, 5.74) is 0. The lowest BCUT2D eigenvalue weighted by molar-refractivity contribution is 1.13. The van der Waals surface area contributed by atoms with E-state index >= 15 is 0 Å². The number of rotatable bonds is 8. The fraction of sp³-hybridized carbons (Fsp3) is 0.333. The summed E-state index contributed by atoms with van der Waals surface area (Å²) in [5.74, 6) is 2.35. The zero-order chi connectivity index (χ0) is 11.8. The SMILES string of the molecule is c1csc(SSCCCSSc2nccs2)n1. The Balaban J connectivity index is 1.44. The van der Waals surface area contributed by atoms with Gasteiger partial charge in [-0.3, -0.25) is 0 Å². The molecular weight excluding hydrogens is 329 g/mol. The summed E-state index contributed by atoms with van der Waals surface area (Å²) in [6.45, 7) is 0. The summed E-state index contributed by atoms with van der Waals surface area (Å²) >= 11 is 3.41. The zero-order valence-corrected chi connectivity index (χ0v) is 13.7. The second-order valence-electron chi connectivity index (χ2n) is 2.76. The van der Waals surface area contributed by atoms with E-state index in [9.17, 15) is 0 Å². The molecule has 0 unspecified atom stereocenters. The Bertz CT molecular complexity index is 349. The molecule has 8 heteroatoms. The first-order valence-corrected chi connectivity index (χ1v) is 11.2. The quantitative estimate of drug-likeness (QED) is 0.486. The molecule has 0 radical (unpaired) electrons. The monoisotopic (exact) mass is 338 g/mol. The lowest BCUT2D eigenvalue weighted by Gasteiger charge is -1.98. The average Bonchev–Trinajstić information content (AvgIpc) is 3.00. The van der Waals surface area contributed by atoms with Crippen molar-refractivity contribution in [3.05, 3.63) is 23.2 Å². The molecule has 0 aliphatic heterocycles. The zero-order valence-electron chi connectivity index (χ0n) is 8.77. The first-order chi connectivity index (χ1) is 8.45. The van der Waals surface area contributed by atoms with Crippen LogP contribution in [0.15, 0.2) is 31.8 Å². The van der Waals surface area contributed by atoms with Gasteiger partial charge in [0.1, 0.15) is 0 Å². The van der Waals surface area contributed by atoms with Gasteiger partial charge in [-0.05, 0) is 28.0 Å². The molecule has 0 aromatic carbocycles. The standard InChI is InChI=1S/C9H10N2S6/c1(4-14-16-8-10-2-6-12-8)5-15-17-9-11-3-7-13-9/h2-3,6-7H,1,4-5H2. The number of aromatic nitrogens is 2. The van der Waals surface area contributed by atoms with E-state index in [-0.39, 0.29) is 0 Å². The van der Waals surface area contributed by atoms with Crippen molar-refractivity contribution in [3.8, 4) is 0 Å². The Morgan fingerprint density at radius 3 is 1.82 bits per heavy atom. The minimum atomic E-state index is 1.15. The van der Waals surface area contributed by atoms with Crippen LogP contribution in [-0.4, -0.2) is 21.5 Å². The molecule has 0 bridgehead atoms. The molecule has 0 saturated carbocycles. The number of hydrogen-bond acceptors (Lipinski definition) is 8. The van der Waals surface area contributed by atoms with Crippen LogP contribution in [0.25, 0.3) is 0 Å². The number of nitrogens with zero attached hydrogens (tertiary/aromatic N) is 2. The van der Waals surface area contributed by atoms with Gasteiger partial charge in [-0.2, -0.15) is 0 Å². The van der Waals surface area contributed by atoms with Crippen LogP contribution in [0.2, 0.25) is 0 Å². The van der Waals surface area contributed by atoms with Crippen LogP contribution in [0, 0.1) is 0 Å². The van der Waals surface area contributed by atoms with Crippen LogP contribution in [0.4, 0.5) is 0 Å². The van der Waals surface area contributed by atoms with E-state index in [1.54, 1.807) is 44.3 Å². The van der Waals surface area contributed by atoms with E-state index in [0.29, 0.717) is 0 Å².